The van der Waals surface area contributed by atoms with Gasteiger partial charge in [0.15, 0.2) is 5.78 Å². The maximum atomic E-state index is 12.3. The molecule has 5 heteroatoms. The van der Waals surface area contributed by atoms with Crippen molar-refractivity contribution in [2.75, 3.05) is 25.4 Å². The zero-order chi connectivity index (χ0) is 18.4. The molecule has 2 aromatic rings. The van der Waals surface area contributed by atoms with Crippen LogP contribution in [0.1, 0.15) is 41.6 Å². The molecule has 2 aromatic carbocycles. The Morgan fingerprint density at radius 2 is 1.67 bits per heavy atom. The fourth-order valence-corrected chi connectivity index (χ4v) is 3.69. The molecule has 3 rings (SSSR count). The number of benzene rings is 2. The predicted octanol–water partition coefficient (Wildman–Crippen LogP) is 3.72. The van der Waals surface area contributed by atoms with E-state index in [2.05, 4.69) is 17.0 Å². The Bertz CT molecular complexity index is 728. The Balaban J connectivity index is 0.00000261. The van der Waals surface area contributed by atoms with Crippen molar-refractivity contribution in [3.63, 3.8) is 0 Å². The first-order valence-corrected chi connectivity index (χ1v) is 9.42. The van der Waals surface area contributed by atoms with Gasteiger partial charge in [0.1, 0.15) is 0 Å². The number of carbonyl (C=O) groups excluding carboxylic acids is 1. The van der Waals surface area contributed by atoms with Gasteiger partial charge in [0, 0.05) is 37.2 Å². The molecule has 1 aliphatic heterocycles. The first-order chi connectivity index (χ1) is 12.6. The number of nitrogens with two attached hydrogens (primary N) is 1. The van der Waals surface area contributed by atoms with E-state index in [0.717, 1.165) is 38.9 Å². The Morgan fingerprint density at radius 3 is 2.33 bits per heavy atom. The lowest BCUT2D eigenvalue weighted by molar-refractivity contribution is -0.0207. The highest BCUT2D eigenvalue weighted by atomic mass is 35.5. The lowest BCUT2D eigenvalue weighted by Crippen LogP contribution is -2.45. The number of carbonyl (C=O) groups is 1. The van der Waals surface area contributed by atoms with Crippen molar-refractivity contribution in [2.45, 2.75) is 37.7 Å². The molecule has 0 bridgehead atoms. The van der Waals surface area contributed by atoms with Gasteiger partial charge in [0.2, 0.25) is 0 Å². The molecule has 0 spiro atoms. The van der Waals surface area contributed by atoms with E-state index in [9.17, 15) is 9.90 Å². The number of aliphatic hydroxyl groups is 1. The molecule has 0 radical (unpaired) electrons. The topological polar surface area (TPSA) is 66.6 Å². The summed E-state index contributed by atoms with van der Waals surface area (Å²) in [5, 5.41) is 10.8. The van der Waals surface area contributed by atoms with Crippen LogP contribution in [0.15, 0.2) is 54.6 Å². The molecule has 0 aliphatic carbocycles. The van der Waals surface area contributed by atoms with Crippen molar-refractivity contribution < 1.29 is 9.90 Å². The Morgan fingerprint density at radius 1 is 1.04 bits per heavy atom. The van der Waals surface area contributed by atoms with Crippen molar-refractivity contribution in [3.05, 3.63) is 65.7 Å². The molecule has 0 unspecified atom stereocenters. The van der Waals surface area contributed by atoms with Gasteiger partial charge in [-0.1, -0.05) is 42.5 Å². The van der Waals surface area contributed by atoms with E-state index in [0.29, 0.717) is 24.1 Å². The summed E-state index contributed by atoms with van der Waals surface area (Å²) < 4.78 is 0. The first-order valence-electron chi connectivity index (χ1n) is 9.42. The number of rotatable bonds is 7. The second-order valence-corrected chi connectivity index (χ2v) is 7.34. The predicted molar refractivity (Wildman–Crippen MR) is 112 cm³/mol. The van der Waals surface area contributed by atoms with Gasteiger partial charge in [-0.25, -0.2) is 0 Å². The lowest BCUT2D eigenvalue weighted by Gasteiger charge is -2.38. The van der Waals surface area contributed by atoms with Crippen LogP contribution < -0.4 is 5.73 Å². The summed E-state index contributed by atoms with van der Waals surface area (Å²) in [6, 6.07) is 17.4. The smallest absolute Gasteiger partial charge is 0.164 e. The molecule has 1 heterocycles. The van der Waals surface area contributed by atoms with Gasteiger partial charge in [0.05, 0.1) is 5.60 Å². The van der Waals surface area contributed by atoms with Gasteiger partial charge in [-0.15, -0.1) is 12.4 Å². The summed E-state index contributed by atoms with van der Waals surface area (Å²) in [5.41, 5.74) is 7.64. The van der Waals surface area contributed by atoms with Crippen LogP contribution in [0.25, 0.3) is 0 Å². The van der Waals surface area contributed by atoms with Gasteiger partial charge < -0.3 is 15.7 Å². The molecule has 1 aliphatic rings. The Hall–Kier alpha value is -1.88. The normalized spacial score (nSPS) is 16.5. The van der Waals surface area contributed by atoms with E-state index >= 15 is 0 Å². The van der Waals surface area contributed by atoms with E-state index in [1.54, 1.807) is 12.1 Å². The molecule has 1 fully saturated rings. The summed E-state index contributed by atoms with van der Waals surface area (Å²) in [4.78, 5) is 14.6. The van der Waals surface area contributed by atoms with Crippen LogP contribution in [-0.4, -0.2) is 41.0 Å². The minimum Gasteiger partial charge on any atom is -0.398 e. The lowest BCUT2D eigenvalue weighted by atomic mass is 9.85. The highest BCUT2D eigenvalue weighted by molar-refractivity contribution is 6.00. The second-order valence-electron chi connectivity index (χ2n) is 7.34. The minimum absolute atomic E-state index is 0. The maximum absolute atomic E-state index is 12.3. The Labute approximate surface area is 167 Å². The van der Waals surface area contributed by atoms with Crippen LogP contribution >= 0.6 is 12.4 Å². The quantitative estimate of drug-likeness (QED) is 0.560. The van der Waals surface area contributed by atoms with Gasteiger partial charge >= 0.3 is 0 Å². The van der Waals surface area contributed by atoms with Crippen LogP contribution in [0.3, 0.4) is 0 Å². The number of hydrogen-bond acceptors (Lipinski definition) is 4. The molecule has 1 saturated heterocycles. The first kappa shape index (κ1) is 21.4. The molecule has 146 valence electrons. The summed E-state index contributed by atoms with van der Waals surface area (Å²) in [5.74, 6) is 0.112. The Kier molecular flexibility index (Phi) is 7.84. The number of para-hydroxylation sites is 1. The molecule has 0 aromatic heterocycles. The minimum atomic E-state index is -0.605. The summed E-state index contributed by atoms with van der Waals surface area (Å²) in [6.45, 7) is 2.65. The number of Topliss-reactive ketones (excluding diaryl/α,β-unsaturated/α-hetero) is 1. The fourth-order valence-electron chi connectivity index (χ4n) is 3.69. The number of anilines is 1. The van der Waals surface area contributed by atoms with E-state index < -0.39 is 5.60 Å². The van der Waals surface area contributed by atoms with Crippen molar-refractivity contribution in [2.24, 2.45) is 0 Å². The molecule has 0 atom stereocenters. The summed E-state index contributed by atoms with van der Waals surface area (Å²) in [6.07, 6.45) is 3.61. The second kappa shape index (κ2) is 9.88. The SMILES string of the molecule is Cl.Nc1ccccc1C(=O)CCCN1CCC(O)(Cc2ccccc2)CC1. The molecule has 0 amide bonds. The van der Waals surface area contributed by atoms with Crippen molar-refractivity contribution >= 4 is 23.9 Å². The monoisotopic (exact) mass is 388 g/mol. The summed E-state index contributed by atoms with van der Waals surface area (Å²) >= 11 is 0. The molecular weight excluding hydrogens is 360 g/mol. The number of hydrogen-bond donors (Lipinski definition) is 2. The van der Waals surface area contributed by atoms with Gasteiger partial charge in [0.25, 0.3) is 0 Å². The summed E-state index contributed by atoms with van der Waals surface area (Å²) in [7, 11) is 0. The van der Waals surface area contributed by atoms with E-state index in [4.69, 9.17) is 5.73 Å². The van der Waals surface area contributed by atoms with E-state index in [1.807, 2.05) is 30.3 Å². The highest BCUT2D eigenvalue weighted by Gasteiger charge is 2.32. The van der Waals surface area contributed by atoms with Crippen LogP contribution in [0.5, 0.6) is 0 Å². The van der Waals surface area contributed by atoms with Gasteiger partial charge in [-0.2, -0.15) is 0 Å². The van der Waals surface area contributed by atoms with E-state index in [1.165, 1.54) is 5.56 Å². The van der Waals surface area contributed by atoms with Crippen molar-refractivity contribution in [3.8, 4) is 0 Å². The number of ketones is 1. The molecule has 0 saturated carbocycles. The standard InChI is InChI=1S/C22H28N2O2.ClH/c23-20-10-5-4-9-19(20)21(25)11-6-14-24-15-12-22(26,13-16-24)17-18-7-2-1-3-8-18;/h1-5,7-10,26H,6,11-17,23H2;1H. The highest BCUT2D eigenvalue weighted by Crippen LogP contribution is 2.26. The van der Waals surface area contributed by atoms with Crippen LogP contribution in [0, 0.1) is 0 Å². The third-order valence-electron chi connectivity index (χ3n) is 5.30. The number of halogens is 1. The number of nitrogens with zero attached hydrogens (tertiary/aromatic N) is 1. The number of piperidine rings is 1. The average molecular weight is 389 g/mol. The van der Waals surface area contributed by atoms with Crippen LogP contribution in [-0.2, 0) is 6.42 Å². The van der Waals surface area contributed by atoms with Gasteiger partial charge in [-0.05, 0) is 43.5 Å². The third kappa shape index (κ3) is 6.06. The molecular formula is C22H29ClN2O2. The molecule has 3 N–H and O–H groups in total. The van der Waals surface area contributed by atoms with E-state index in [-0.39, 0.29) is 18.2 Å². The average Bonchev–Trinajstić information content (AvgIpc) is 2.64. The zero-order valence-corrected chi connectivity index (χ0v) is 16.5. The van der Waals surface area contributed by atoms with Crippen LogP contribution in [0.2, 0.25) is 0 Å². The van der Waals surface area contributed by atoms with Crippen LogP contribution in [0.4, 0.5) is 5.69 Å². The largest absolute Gasteiger partial charge is 0.398 e. The van der Waals surface area contributed by atoms with Crippen molar-refractivity contribution in [1.29, 1.82) is 0 Å². The van der Waals surface area contributed by atoms with Crippen molar-refractivity contribution in [1.82, 2.24) is 4.90 Å². The molecule has 4 nitrogen and oxygen atoms in total. The van der Waals surface area contributed by atoms with Gasteiger partial charge in [-0.3, -0.25) is 4.79 Å². The number of nitrogen functional groups attached to an aromatic ring is 1. The number of likely N-dealkylation sites (tertiary alicyclic amines) is 1. The third-order valence-corrected chi connectivity index (χ3v) is 5.30. The fraction of sp³-hybridized carbons (Fsp3) is 0.409. The zero-order valence-electron chi connectivity index (χ0n) is 15.6. The molecule has 27 heavy (non-hydrogen) atoms. The maximum Gasteiger partial charge on any atom is 0.164 e.